The zero-order valence-corrected chi connectivity index (χ0v) is 11.3. The highest BCUT2D eigenvalue weighted by Crippen LogP contribution is 2.18. The highest BCUT2D eigenvalue weighted by Gasteiger charge is 2.24. The van der Waals surface area contributed by atoms with Crippen LogP contribution in [0.2, 0.25) is 0 Å². The van der Waals surface area contributed by atoms with Crippen molar-refractivity contribution in [2.45, 2.75) is 33.1 Å². The van der Waals surface area contributed by atoms with Crippen molar-refractivity contribution in [1.82, 2.24) is 0 Å². The number of Topliss-reactive ketones (excluding diaryl/α,β-unsaturated/α-hetero) is 1. The highest BCUT2D eigenvalue weighted by atomic mass is 16.5. The van der Waals surface area contributed by atoms with E-state index in [0.29, 0.717) is 6.42 Å². The van der Waals surface area contributed by atoms with E-state index in [0.717, 1.165) is 0 Å². The lowest BCUT2D eigenvalue weighted by Gasteiger charge is -2.24. The quantitative estimate of drug-likeness (QED) is 0.554. The molecule has 0 aliphatic rings. The number of carbonyl (C=O) groups is 2. The van der Waals surface area contributed by atoms with E-state index in [9.17, 15) is 9.59 Å². The van der Waals surface area contributed by atoms with Crippen LogP contribution in [-0.2, 0) is 14.3 Å². The number of ketones is 1. The first-order chi connectivity index (χ1) is 8.41. The number of rotatable bonds is 7. The Kier molecular flexibility index (Phi) is 12.0. The van der Waals surface area contributed by atoms with Gasteiger partial charge < -0.3 is 24.9 Å². The molecule has 0 saturated heterocycles. The van der Waals surface area contributed by atoms with Gasteiger partial charge in [-0.1, -0.05) is 6.92 Å². The van der Waals surface area contributed by atoms with Crippen molar-refractivity contribution in [3.8, 4) is 0 Å². The monoisotopic (exact) mass is 264 g/mol. The van der Waals surface area contributed by atoms with Crippen LogP contribution in [0.15, 0.2) is 0 Å². The van der Waals surface area contributed by atoms with E-state index >= 15 is 0 Å². The average Bonchev–Trinajstić information content (AvgIpc) is 2.40. The largest absolute Gasteiger partial charge is 0.469 e. The van der Waals surface area contributed by atoms with Gasteiger partial charge in [0.05, 0.1) is 33.4 Å². The van der Waals surface area contributed by atoms with Gasteiger partial charge >= 0.3 is 5.97 Å². The number of methoxy groups -OCH3 is 1. The molecule has 108 valence electrons. The van der Waals surface area contributed by atoms with Crippen LogP contribution in [0.1, 0.15) is 33.1 Å². The van der Waals surface area contributed by atoms with Crippen molar-refractivity contribution in [3.05, 3.63) is 0 Å². The molecule has 3 N–H and O–H groups in total. The van der Waals surface area contributed by atoms with Crippen LogP contribution in [0.4, 0.5) is 0 Å². The Morgan fingerprint density at radius 1 is 1.06 bits per heavy atom. The predicted octanol–water partition coefficient (Wildman–Crippen LogP) is -0.112. The van der Waals surface area contributed by atoms with Gasteiger partial charge in [-0.2, -0.15) is 0 Å². The topological polar surface area (TPSA) is 104 Å². The third-order valence-corrected chi connectivity index (χ3v) is 2.67. The van der Waals surface area contributed by atoms with E-state index < -0.39 is 5.41 Å². The number of carbonyl (C=O) groups excluding carboxylic acids is 2. The molecule has 0 rings (SSSR count). The maximum atomic E-state index is 10.3. The summed E-state index contributed by atoms with van der Waals surface area (Å²) in [6, 6.07) is 0. The first kappa shape index (κ1) is 19.4. The molecule has 0 atom stereocenters. The SMILES string of the molecule is CCC(CO)(CO)CO.COC(=O)CCC(C)=O. The Bertz CT molecular complexity index is 217. The number of esters is 1. The molecule has 0 unspecified atom stereocenters. The fraction of sp³-hybridized carbons (Fsp3) is 0.833. The highest BCUT2D eigenvalue weighted by molar-refractivity contribution is 5.80. The maximum Gasteiger partial charge on any atom is 0.305 e. The molecule has 0 aromatic rings. The van der Waals surface area contributed by atoms with Gasteiger partial charge in [0.2, 0.25) is 0 Å². The number of aliphatic hydroxyl groups is 3. The Morgan fingerprint density at radius 3 is 1.67 bits per heavy atom. The number of hydrogen-bond acceptors (Lipinski definition) is 6. The molecular weight excluding hydrogens is 240 g/mol. The van der Waals surface area contributed by atoms with Crippen LogP contribution in [0.25, 0.3) is 0 Å². The van der Waals surface area contributed by atoms with E-state index in [1.165, 1.54) is 14.0 Å². The molecule has 0 aromatic carbocycles. The Labute approximate surface area is 108 Å². The molecule has 0 fully saturated rings. The van der Waals surface area contributed by atoms with Crippen molar-refractivity contribution in [3.63, 3.8) is 0 Å². The van der Waals surface area contributed by atoms with E-state index in [4.69, 9.17) is 15.3 Å². The molecule has 6 heteroatoms. The predicted molar refractivity (Wildman–Crippen MR) is 65.9 cm³/mol. The summed E-state index contributed by atoms with van der Waals surface area (Å²) < 4.78 is 4.31. The third-order valence-electron chi connectivity index (χ3n) is 2.67. The standard InChI is InChI=1S/C6H10O3.C6H14O3/c1-5(7)3-4-6(8)9-2;1-2-6(3-7,4-8)5-9/h3-4H2,1-2H3;7-9H,2-5H2,1H3. The Hall–Kier alpha value is -0.980. The van der Waals surface area contributed by atoms with Gasteiger partial charge in [-0.25, -0.2) is 0 Å². The molecule has 0 aromatic heterocycles. The molecule has 18 heavy (non-hydrogen) atoms. The molecule has 0 amide bonds. The van der Waals surface area contributed by atoms with Gasteiger partial charge in [0.1, 0.15) is 5.78 Å². The fourth-order valence-corrected chi connectivity index (χ4v) is 0.866. The lowest BCUT2D eigenvalue weighted by atomic mass is 9.88. The molecule has 0 bridgehead atoms. The van der Waals surface area contributed by atoms with Gasteiger partial charge in [0, 0.05) is 11.8 Å². The summed E-state index contributed by atoms with van der Waals surface area (Å²) in [5.41, 5.74) is -0.667. The maximum absolute atomic E-state index is 10.3. The summed E-state index contributed by atoms with van der Waals surface area (Å²) in [6.45, 7) is 2.80. The van der Waals surface area contributed by atoms with Gasteiger partial charge in [0.25, 0.3) is 0 Å². The van der Waals surface area contributed by atoms with E-state index in [1.54, 1.807) is 0 Å². The van der Waals surface area contributed by atoms with Crippen molar-refractivity contribution in [2.75, 3.05) is 26.9 Å². The molecule has 0 radical (unpaired) electrons. The van der Waals surface area contributed by atoms with Crippen LogP contribution in [0, 0.1) is 5.41 Å². The van der Waals surface area contributed by atoms with Crippen LogP contribution < -0.4 is 0 Å². The van der Waals surface area contributed by atoms with Gasteiger partial charge in [-0.15, -0.1) is 0 Å². The van der Waals surface area contributed by atoms with Gasteiger partial charge in [-0.05, 0) is 13.3 Å². The summed E-state index contributed by atoms with van der Waals surface area (Å²) in [5.74, 6) is -0.314. The summed E-state index contributed by atoms with van der Waals surface area (Å²) in [5, 5.41) is 26.0. The van der Waals surface area contributed by atoms with Crippen molar-refractivity contribution < 1.29 is 29.6 Å². The van der Waals surface area contributed by atoms with Crippen molar-refractivity contribution in [1.29, 1.82) is 0 Å². The van der Waals surface area contributed by atoms with E-state index in [2.05, 4.69) is 4.74 Å². The van der Waals surface area contributed by atoms with E-state index in [-0.39, 0.29) is 44.4 Å². The minimum absolute atomic E-state index is 0.0143. The zero-order valence-electron chi connectivity index (χ0n) is 11.3. The van der Waals surface area contributed by atoms with Crippen molar-refractivity contribution in [2.24, 2.45) is 5.41 Å². The second-order valence-corrected chi connectivity index (χ2v) is 4.11. The lowest BCUT2D eigenvalue weighted by molar-refractivity contribution is -0.141. The first-order valence-corrected chi connectivity index (χ1v) is 5.80. The molecular formula is C12H24O6. The molecule has 6 nitrogen and oxygen atoms in total. The summed E-state index contributed by atoms with van der Waals surface area (Å²) in [4.78, 5) is 20.6. The normalized spacial score (nSPS) is 10.3. The van der Waals surface area contributed by atoms with E-state index in [1.807, 2.05) is 6.92 Å². The molecule has 0 spiro atoms. The molecule has 0 heterocycles. The smallest absolute Gasteiger partial charge is 0.305 e. The number of hydrogen-bond donors (Lipinski definition) is 3. The number of ether oxygens (including phenoxy) is 1. The van der Waals surface area contributed by atoms with Crippen LogP contribution in [0.5, 0.6) is 0 Å². The minimum Gasteiger partial charge on any atom is -0.469 e. The second kappa shape index (κ2) is 11.1. The fourth-order valence-electron chi connectivity index (χ4n) is 0.866. The van der Waals surface area contributed by atoms with Crippen molar-refractivity contribution >= 4 is 11.8 Å². The third kappa shape index (κ3) is 9.09. The summed E-state index contributed by atoms with van der Waals surface area (Å²) in [7, 11) is 1.31. The van der Waals surface area contributed by atoms with Crippen LogP contribution in [0.3, 0.4) is 0 Å². The summed E-state index contributed by atoms with van der Waals surface area (Å²) in [6.07, 6.45) is 1.08. The second-order valence-electron chi connectivity index (χ2n) is 4.11. The lowest BCUT2D eigenvalue weighted by Crippen LogP contribution is -2.32. The van der Waals surface area contributed by atoms with Gasteiger partial charge in [-0.3, -0.25) is 4.79 Å². The first-order valence-electron chi connectivity index (χ1n) is 5.80. The average molecular weight is 264 g/mol. The van der Waals surface area contributed by atoms with Crippen LogP contribution >= 0.6 is 0 Å². The zero-order chi connectivity index (χ0) is 14.6. The molecule has 0 saturated carbocycles. The summed E-state index contributed by atoms with van der Waals surface area (Å²) >= 11 is 0. The minimum atomic E-state index is -0.667. The Morgan fingerprint density at radius 2 is 1.50 bits per heavy atom. The molecule has 0 aliphatic carbocycles. The Balaban J connectivity index is 0. The molecule has 0 aliphatic heterocycles. The van der Waals surface area contributed by atoms with Gasteiger partial charge in [0.15, 0.2) is 0 Å². The number of aliphatic hydroxyl groups excluding tert-OH is 3. The van der Waals surface area contributed by atoms with Crippen LogP contribution in [-0.4, -0.2) is 54.0 Å².